The van der Waals surface area contributed by atoms with Crippen LogP contribution >= 0.6 is 12.2 Å². The van der Waals surface area contributed by atoms with E-state index in [9.17, 15) is 4.79 Å². The van der Waals surface area contributed by atoms with Crippen molar-refractivity contribution in [1.82, 2.24) is 9.88 Å². The molecule has 3 aromatic rings. The number of pyridine rings is 1. The summed E-state index contributed by atoms with van der Waals surface area (Å²) in [5, 5.41) is 4.66. The molecule has 1 atom stereocenters. The molecule has 9 heteroatoms. The Morgan fingerprint density at radius 1 is 1.18 bits per heavy atom. The Morgan fingerprint density at radius 2 is 1.97 bits per heavy atom. The monoisotopic (exact) mass is 481 g/mol. The van der Waals surface area contributed by atoms with Crippen molar-refractivity contribution in [2.45, 2.75) is 25.5 Å². The molecule has 8 nitrogen and oxygen atoms in total. The molecule has 0 saturated carbocycles. The molecule has 2 aromatic carbocycles. The van der Waals surface area contributed by atoms with Gasteiger partial charge in [0, 0.05) is 30.2 Å². The molecular weight excluding hydrogens is 454 g/mol. The fourth-order valence-corrected chi connectivity index (χ4v) is 4.56. The maximum Gasteiger partial charge on any atom is 0.253 e. The number of H-pyrrole nitrogens is 1. The highest BCUT2D eigenvalue weighted by Gasteiger charge is 2.23. The van der Waals surface area contributed by atoms with Gasteiger partial charge in [-0.3, -0.25) is 4.79 Å². The number of methoxy groups -OCH3 is 1. The largest absolute Gasteiger partial charge is 0.495 e. The Kier molecular flexibility index (Phi) is 6.55. The average Bonchev–Trinajstić information content (AvgIpc) is 3.36. The molecular formula is C25H27N3O5S. The van der Waals surface area contributed by atoms with Gasteiger partial charge in [-0.15, -0.1) is 0 Å². The zero-order valence-electron chi connectivity index (χ0n) is 19.0. The number of fused-ring (bicyclic) bond motifs is 2. The minimum absolute atomic E-state index is 0.0644. The van der Waals surface area contributed by atoms with Gasteiger partial charge in [0.1, 0.15) is 19.0 Å². The summed E-state index contributed by atoms with van der Waals surface area (Å²) < 4.78 is 22.7. The van der Waals surface area contributed by atoms with E-state index in [0.29, 0.717) is 59.7 Å². The molecule has 1 fully saturated rings. The summed E-state index contributed by atoms with van der Waals surface area (Å²) in [6.07, 6.45) is 2.05. The van der Waals surface area contributed by atoms with Crippen molar-refractivity contribution in [3.05, 3.63) is 58.4 Å². The van der Waals surface area contributed by atoms with Gasteiger partial charge in [0.05, 0.1) is 31.0 Å². The number of ether oxygens (including phenoxy) is 4. The van der Waals surface area contributed by atoms with Gasteiger partial charge in [-0.25, -0.2) is 0 Å². The fraction of sp³-hybridized carbons (Fsp3) is 0.360. The standard InChI is InChI=1S/C25H27N3O5S/c1-30-21-7-3-2-6-19(21)27-25(34)28(15-18-5-4-8-31-18)14-17-11-16-12-22-23(33-10-9-32-22)13-20(16)26-24(17)29/h2-3,6-7,11-13,18H,4-5,8-10,14-15H2,1H3,(H,26,29)(H,27,34)/t18-/m1/s1. The van der Waals surface area contributed by atoms with E-state index in [1.807, 2.05) is 47.4 Å². The highest BCUT2D eigenvalue weighted by Crippen LogP contribution is 2.33. The third-order valence-corrected chi connectivity index (χ3v) is 6.39. The van der Waals surface area contributed by atoms with E-state index in [1.165, 1.54) is 0 Å². The molecule has 2 aliphatic heterocycles. The molecule has 1 saturated heterocycles. The SMILES string of the molecule is COc1ccccc1NC(=S)N(Cc1cc2cc3c(cc2[nH]c1=O)OCCO3)C[C@H]1CCCO1. The quantitative estimate of drug-likeness (QED) is 0.516. The van der Waals surface area contributed by atoms with Crippen LogP contribution in [0, 0.1) is 0 Å². The lowest BCUT2D eigenvalue weighted by atomic mass is 10.1. The summed E-state index contributed by atoms with van der Waals surface area (Å²) in [5.41, 5.74) is 1.91. The number of rotatable bonds is 6. The van der Waals surface area contributed by atoms with Crippen LogP contribution in [0.5, 0.6) is 17.2 Å². The summed E-state index contributed by atoms with van der Waals surface area (Å²) >= 11 is 5.77. The average molecular weight is 482 g/mol. The maximum atomic E-state index is 13.0. The zero-order chi connectivity index (χ0) is 23.5. The summed E-state index contributed by atoms with van der Waals surface area (Å²) in [4.78, 5) is 17.9. The lowest BCUT2D eigenvalue weighted by Crippen LogP contribution is -2.40. The lowest BCUT2D eigenvalue weighted by molar-refractivity contribution is 0.0904. The van der Waals surface area contributed by atoms with Crippen LogP contribution in [0.4, 0.5) is 5.69 Å². The number of benzene rings is 2. The third kappa shape index (κ3) is 4.80. The zero-order valence-corrected chi connectivity index (χ0v) is 19.8. The Bertz CT molecular complexity index is 1260. The molecule has 2 N–H and O–H groups in total. The number of anilines is 1. The van der Waals surface area contributed by atoms with Crippen molar-refractivity contribution in [3.8, 4) is 17.2 Å². The van der Waals surface area contributed by atoms with Gasteiger partial charge in [0.2, 0.25) is 0 Å². The van der Waals surface area contributed by atoms with Gasteiger partial charge in [-0.1, -0.05) is 12.1 Å². The first-order chi connectivity index (χ1) is 16.6. The molecule has 34 heavy (non-hydrogen) atoms. The van der Waals surface area contributed by atoms with E-state index in [1.54, 1.807) is 7.11 Å². The summed E-state index contributed by atoms with van der Waals surface area (Å²) in [6, 6.07) is 13.2. The minimum Gasteiger partial charge on any atom is -0.495 e. The molecule has 178 valence electrons. The van der Waals surface area contributed by atoms with Gasteiger partial charge in [0.15, 0.2) is 16.6 Å². The molecule has 0 unspecified atom stereocenters. The molecule has 5 rings (SSSR count). The van der Waals surface area contributed by atoms with Gasteiger partial charge < -0.3 is 34.1 Å². The first-order valence-electron chi connectivity index (χ1n) is 11.4. The second-order valence-electron chi connectivity index (χ2n) is 8.35. The maximum absolute atomic E-state index is 13.0. The second-order valence-corrected chi connectivity index (χ2v) is 8.74. The third-order valence-electron chi connectivity index (χ3n) is 6.03. The van der Waals surface area contributed by atoms with Crippen LogP contribution in [-0.2, 0) is 11.3 Å². The van der Waals surface area contributed by atoms with Crippen LogP contribution in [0.15, 0.2) is 47.3 Å². The number of para-hydroxylation sites is 2. The lowest BCUT2D eigenvalue weighted by Gasteiger charge is -2.28. The molecule has 1 aromatic heterocycles. The number of hydrogen-bond donors (Lipinski definition) is 2. The van der Waals surface area contributed by atoms with Crippen LogP contribution in [0.3, 0.4) is 0 Å². The van der Waals surface area contributed by atoms with E-state index >= 15 is 0 Å². The fourth-order valence-electron chi connectivity index (χ4n) is 4.31. The van der Waals surface area contributed by atoms with E-state index in [2.05, 4.69) is 10.3 Å². The first-order valence-corrected chi connectivity index (χ1v) is 11.8. The van der Waals surface area contributed by atoms with E-state index in [0.717, 1.165) is 30.5 Å². The van der Waals surface area contributed by atoms with Crippen LogP contribution in [0.2, 0.25) is 0 Å². The smallest absolute Gasteiger partial charge is 0.253 e. The van der Waals surface area contributed by atoms with Crippen LogP contribution in [0.1, 0.15) is 18.4 Å². The molecule has 0 amide bonds. The number of hydrogen-bond acceptors (Lipinski definition) is 6. The van der Waals surface area contributed by atoms with Crippen molar-refractivity contribution >= 4 is 33.9 Å². The highest BCUT2D eigenvalue weighted by molar-refractivity contribution is 7.80. The molecule has 0 spiro atoms. The Labute approximate surface area is 202 Å². The highest BCUT2D eigenvalue weighted by atomic mass is 32.1. The normalized spacial score (nSPS) is 16.9. The predicted molar refractivity (Wildman–Crippen MR) is 134 cm³/mol. The van der Waals surface area contributed by atoms with Gasteiger partial charge in [-0.05, 0) is 49.3 Å². The minimum atomic E-state index is -0.165. The summed E-state index contributed by atoms with van der Waals surface area (Å²) in [5.74, 6) is 2.02. The summed E-state index contributed by atoms with van der Waals surface area (Å²) in [7, 11) is 1.62. The van der Waals surface area contributed by atoms with Gasteiger partial charge in [-0.2, -0.15) is 0 Å². The van der Waals surface area contributed by atoms with Gasteiger partial charge in [0.25, 0.3) is 5.56 Å². The van der Waals surface area contributed by atoms with Crippen molar-refractivity contribution < 1.29 is 18.9 Å². The Balaban J connectivity index is 1.43. The number of nitrogens with zero attached hydrogens (tertiary/aromatic N) is 1. The molecule has 0 bridgehead atoms. The topological polar surface area (TPSA) is 85.1 Å². The number of nitrogens with one attached hydrogen (secondary N) is 2. The predicted octanol–water partition coefficient (Wildman–Crippen LogP) is 3.69. The molecule has 3 heterocycles. The van der Waals surface area contributed by atoms with Crippen LogP contribution in [0.25, 0.3) is 10.9 Å². The van der Waals surface area contributed by atoms with Crippen molar-refractivity contribution in [2.75, 3.05) is 38.8 Å². The number of aromatic nitrogens is 1. The summed E-state index contributed by atoms with van der Waals surface area (Å²) in [6.45, 7) is 2.66. The van der Waals surface area contributed by atoms with Gasteiger partial charge >= 0.3 is 0 Å². The molecule has 0 aliphatic carbocycles. The second kappa shape index (κ2) is 9.90. The van der Waals surface area contributed by atoms with Crippen molar-refractivity contribution in [1.29, 1.82) is 0 Å². The Morgan fingerprint density at radius 3 is 2.74 bits per heavy atom. The number of thiocarbonyl (C=S) groups is 1. The molecule has 2 aliphatic rings. The van der Waals surface area contributed by atoms with E-state index in [-0.39, 0.29) is 11.7 Å². The van der Waals surface area contributed by atoms with Crippen LogP contribution in [-0.4, -0.2) is 54.6 Å². The van der Waals surface area contributed by atoms with Crippen LogP contribution < -0.4 is 25.1 Å². The van der Waals surface area contributed by atoms with E-state index < -0.39 is 0 Å². The Hall–Kier alpha value is -3.30. The molecule has 0 radical (unpaired) electrons. The van der Waals surface area contributed by atoms with Crippen molar-refractivity contribution in [3.63, 3.8) is 0 Å². The van der Waals surface area contributed by atoms with E-state index in [4.69, 9.17) is 31.2 Å². The van der Waals surface area contributed by atoms with Crippen molar-refractivity contribution in [2.24, 2.45) is 0 Å². The first kappa shape index (κ1) is 22.5. The number of aromatic amines is 1.